The number of nitrogens with zero attached hydrogens (tertiary/aromatic N) is 4. The fourth-order valence-corrected chi connectivity index (χ4v) is 4.22. The monoisotopic (exact) mass is 501 g/mol. The molecule has 7 heteroatoms. The maximum Gasteiger partial charge on any atom is 0.193 e. The Morgan fingerprint density at radius 2 is 1.93 bits per heavy atom. The molecule has 0 bridgehead atoms. The van der Waals surface area contributed by atoms with Crippen molar-refractivity contribution < 1.29 is 4.74 Å². The van der Waals surface area contributed by atoms with Crippen LogP contribution in [-0.2, 0) is 0 Å². The summed E-state index contributed by atoms with van der Waals surface area (Å²) in [6.07, 6.45) is 2.64. The molecule has 2 fully saturated rings. The highest BCUT2D eigenvalue weighted by molar-refractivity contribution is 14.0. The quantitative estimate of drug-likeness (QED) is 0.382. The fraction of sp³-hybridized carbons (Fsp3) is 0.667. The maximum atomic E-state index is 5.52. The lowest BCUT2D eigenvalue weighted by Crippen LogP contribution is -2.53. The van der Waals surface area contributed by atoms with E-state index in [0.29, 0.717) is 0 Å². The van der Waals surface area contributed by atoms with Gasteiger partial charge in [0.2, 0.25) is 0 Å². The average molecular weight is 501 g/mol. The minimum absolute atomic E-state index is 0. The Balaban J connectivity index is 0.00000280. The molecule has 0 saturated carbocycles. The second kappa shape index (κ2) is 11.7. The van der Waals surface area contributed by atoms with E-state index in [2.05, 4.69) is 44.1 Å². The summed E-state index contributed by atoms with van der Waals surface area (Å²) in [7, 11) is 3.64. The van der Waals surface area contributed by atoms with Crippen LogP contribution in [0.2, 0.25) is 0 Å². The highest BCUT2D eigenvalue weighted by Crippen LogP contribution is 2.28. The first-order valence-electron chi connectivity index (χ1n) is 10.3. The second-order valence-corrected chi connectivity index (χ2v) is 7.48. The van der Waals surface area contributed by atoms with Crippen molar-refractivity contribution in [2.24, 2.45) is 10.9 Å². The molecule has 2 saturated heterocycles. The fourth-order valence-electron chi connectivity index (χ4n) is 4.22. The van der Waals surface area contributed by atoms with Gasteiger partial charge in [-0.2, -0.15) is 0 Å². The Bertz CT molecular complexity index is 619. The highest BCUT2D eigenvalue weighted by Gasteiger charge is 2.23. The normalized spacial score (nSPS) is 21.2. The van der Waals surface area contributed by atoms with Crippen LogP contribution in [0, 0.1) is 5.92 Å². The van der Waals surface area contributed by atoms with Gasteiger partial charge in [-0.1, -0.05) is 19.1 Å². The van der Waals surface area contributed by atoms with Crippen LogP contribution < -0.4 is 15.0 Å². The number of methoxy groups -OCH3 is 1. The van der Waals surface area contributed by atoms with Gasteiger partial charge in [-0.15, -0.1) is 24.0 Å². The number of rotatable bonds is 5. The van der Waals surface area contributed by atoms with Crippen molar-refractivity contribution >= 4 is 35.6 Å². The van der Waals surface area contributed by atoms with Crippen LogP contribution in [0.25, 0.3) is 0 Å². The third kappa shape index (κ3) is 5.89. The number of para-hydroxylation sites is 2. The zero-order chi connectivity index (χ0) is 19.1. The van der Waals surface area contributed by atoms with Crippen molar-refractivity contribution in [3.8, 4) is 5.75 Å². The first-order valence-corrected chi connectivity index (χ1v) is 10.3. The van der Waals surface area contributed by atoms with Crippen LogP contribution in [-0.4, -0.2) is 82.3 Å². The molecule has 0 aromatic heterocycles. The number of anilines is 1. The second-order valence-electron chi connectivity index (χ2n) is 7.48. The summed E-state index contributed by atoms with van der Waals surface area (Å²) in [5.41, 5.74) is 1.18. The Morgan fingerprint density at radius 3 is 2.61 bits per heavy atom. The zero-order valence-electron chi connectivity index (χ0n) is 17.6. The third-order valence-electron chi connectivity index (χ3n) is 5.82. The molecule has 2 aliphatic heterocycles. The number of piperazine rings is 1. The highest BCUT2D eigenvalue weighted by atomic mass is 127. The van der Waals surface area contributed by atoms with E-state index < -0.39 is 0 Å². The molecule has 1 aromatic rings. The summed E-state index contributed by atoms with van der Waals surface area (Å²) < 4.78 is 5.52. The number of nitrogens with one attached hydrogen (secondary N) is 1. The smallest absolute Gasteiger partial charge is 0.193 e. The van der Waals surface area contributed by atoms with Gasteiger partial charge < -0.3 is 24.8 Å². The number of aliphatic imine (C=N–C) groups is 1. The van der Waals surface area contributed by atoms with E-state index >= 15 is 0 Å². The van der Waals surface area contributed by atoms with Crippen LogP contribution in [0.3, 0.4) is 0 Å². The summed E-state index contributed by atoms with van der Waals surface area (Å²) in [5.74, 6) is 2.72. The molecule has 2 heterocycles. The minimum Gasteiger partial charge on any atom is -0.495 e. The summed E-state index contributed by atoms with van der Waals surface area (Å²) >= 11 is 0. The molecule has 0 radical (unpaired) electrons. The SMILES string of the molecule is CCN1CCCC(CNC(=NC)N2CCN(c3ccccc3OC)CC2)C1.I. The maximum absolute atomic E-state index is 5.52. The van der Waals surface area contributed by atoms with Crippen molar-refractivity contribution in [1.82, 2.24) is 15.1 Å². The van der Waals surface area contributed by atoms with Gasteiger partial charge in [0.25, 0.3) is 0 Å². The first-order chi connectivity index (χ1) is 13.2. The number of halogens is 1. The summed E-state index contributed by atoms with van der Waals surface area (Å²) in [6.45, 7) is 10.8. The Hall–Kier alpha value is -1.22. The van der Waals surface area contributed by atoms with Gasteiger partial charge in [0.15, 0.2) is 5.96 Å². The van der Waals surface area contributed by atoms with Crippen molar-refractivity contribution in [3.63, 3.8) is 0 Å². The van der Waals surface area contributed by atoms with Gasteiger partial charge in [0.05, 0.1) is 12.8 Å². The molecule has 2 aliphatic rings. The van der Waals surface area contributed by atoms with Gasteiger partial charge in [0, 0.05) is 46.3 Å². The number of piperidine rings is 1. The Labute approximate surface area is 187 Å². The molecule has 0 aliphatic carbocycles. The van der Waals surface area contributed by atoms with Crippen LogP contribution in [0.1, 0.15) is 19.8 Å². The number of hydrogen-bond donors (Lipinski definition) is 1. The summed E-state index contributed by atoms with van der Waals surface area (Å²) in [6, 6.07) is 8.28. The number of benzene rings is 1. The molecular weight excluding hydrogens is 465 g/mol. The summed E-state index contributed by atoms with van der Waals surface area (Å²) in [5, 5.41) is 3.64. The summed E-state index contributed by atoms with van der Waals surface area (Å²) in [4.78, 5) is 11.9. The zero-order valence-corrected chi connectivity index (χ0v) is 19.9. The van der Waals surface area contributed by atoms with Crippen LogP contribution >= 0.6 is 24.0 Å². The van der Waals surface area contributed by atoms with E-state index in [1.165, 1.54) is 31.6 Å². The Kier molecular flexibility index (Phi) is 9.64. The average Bonchev–Trinajstić information content (AvgIpc) is 2.74. The van der Waals surface area contributed by atoms with Crippen LogP contribution in [0.5, 0.6) is 5.75 Å². The molecule has 1 aromatic carbocycles. The van der Waals surface area contributed by atoms with Crippen molar-refractivity contribution in [2.45, 2.75) is 19.8 Å². The Morgan fingerprint density at radius 1 is 1.18 bits per heavy atom. The number of hydrogen-bond acceptors (Lipinski definition) is 4. The third-order valence-corrected chi connectivity index (χ3v) is 5.82. The van der Waals surface area contributed by atoms with Gasteiger partial charge >= 0.3 is 0 Å². The number of guanidine groups is 1. The molecule has 0 spiro atoms. The minimum atomic E-state index is 0. The molecule has 28 heavy (non-hydrogen) atoms. The molecular formula is C21H36IN5O. The van der Waals surface area contributed by atoms with E-state index in [4.69, 9.17) is 4.74 Å². The molecule has 1 N–H and O–H groups in total. The first kappa shape index (κ1) is 23.1. The van der Waals surface area contributed by atoms with Crippen molar-refractivity contribution in [2.75, 3.05) is 71.4 Å². The molecule has 0 amide bonds. The van der Waals surface area contributed by atoms with E-state index in [1.54, 1.807) is 7.11 Å². The lowest BCUT2D eigenvalue weighted by atomic mass is 9.98. The van der Waals surface area contributed by atoms with Gasteiger partial charge in [0.1, 0.15) is 5.75 Å². The number of likely N-dealkylation sites (tertiary alicyclic amines) is 1. The predicted molar refractivity (Wildman–Crippen MR) is 128 cm³/mol. The lowest BCUT2D eigenvalue weighted by molar-refractivity contribution is 0.182. The molecule has 1 unspecified atom stereocenters. The molecule has 3 rings (SSSR count). The van der Waals surface area contributed by atoms with Crippen molar-refractivity contribution in [1.29, 1.82) is 0 Å². The predicted octanol–water partition coefficient (Wildman–Crippen LogP) is 2.74. The largest absolute Gasteiger partial charge is 0.495 e. The van der Waals surface area contributed by atoms with E-state index in [-0.39, 0.29) is 24.0 Å². The van der Waals surface area contributed by atoms with E-state index in [0.717, 1.165) is 56.9 Å². The standard InChI is InChI=1S/C21H35N5O.HI/c1-4-24-11-7-8-18(17-24)16-23-21(22-2)26-14-12-25(13-15-26)19-9-5-6-10-20(19)27-3;/h5-6,9-10,18H,4,7-8,11-17H2,1-3H3,(H,22,23);1H. The van der Waals surface area contributed by atoms with Crippen LogP contribution in [0.15, 0.2) is 29.3 Å². The van der Waals surface area contributed by atoms with E-state index in [9.17, 15) is 0 Å². The molecule has 1 atom stereocenters. The molecule has 158 valence electrons. The van der Waals surface area contributed by atoms with Crippen molar-refractivity contribution in [3.05, 3.63) is 24.3 Å². The van der Waals surface area contributed by atoms with Gasteiger partial charge in [-0.25, -0.2) is 0 Å². The van der Waals surface area contributed by atoms with Crippen LogP contribution in [0.4, 0.5) is 5.69 Å². The van der Waals surface area contributed by atoms with Gasteiger partial charge in [-0.3, -0.25) is 4.99 Å². The lowest BCUT2D eigenvalue weighted by Gasteiger charge is -2.39. The molecule has 6 nitrogen and oxygen atoms in total. The van der Waals surface area contributed by atoms with E-state index in [1.807, 2.05) is 19.2 Å². The van der Waals surface area contributed by atoms with Gasteiger partial charge in [-0.05, 0) is 44.0 Å². The topological polar surface area (TPSA) is 43.3 Å². The number of ether oxygens (including phenoxy) is 1.